The fourth-order valence-corrected chi connectivity index (χ4v) is 3.62. The fourth-order valence-electron chi connectivity index (χ4n) is 3.62. The number of pyridine rings is 1. The summed E-state index contributed by atoms with van der Waals surface area (Å²) in [5.74, 6) is 1.54. The van der Waals surface area contributed by atoms with Crippen LogP contribution in [0.15, 0.2) is 48.8 Å². The van der Waals surface area contributed by atoms with Gasteiger partial charge in [-0.15, -0.1) is 0 Å². The molecule has 7 nitrogen and oxygen atoms in total. The van der Waals surface area contributed by atoms with Gasteiger partial charge in [-0.1, -0.05) is 12.1 Å². The number of anilines is 1. The van der Waals surface area contributed by atoms with E-state index in [0.29, 0.717) is 11.4 Å². The number of aromatic nitrogens is 4. The Balaban J connectivity index is 1.68. The molecular formula is C21H24N6O. The zero-order chi connectivity index (χ0) is 19.6. The zero-order valence-electron chi connectivity index (χ0n) is 16.1. The first-order valence-electron chi connectivity index (χ1n) is 9.47. The molecule has 144 valence electrons. The summed E-state index contributed by atoms with van der Waals surface area (Å²) in [4.78, 5) is 23.0. The molecule has 3 heterocycles. The Kier molecular flexibility index (Phi) is 4.92. The molecule has 3 aromatic rings. The number of hydrogen-bond acceptors (Lipinski definition) is 6. The summed E-state index contributed by atoms with van der Waals surface area (Å²) < 4.78 is 0. The van der Waals surface area contributed by atoms with Crippen molar-refractivity contribution in [3.05, 3.63) is 60.2 Å². The number of rotatable bonds is 5. The second-order valence-electron chi connectivity index (χ2n) is 7.39. The number of H-pyrrole nitrogens is 1. The average molecular weight is 376 g/mol. The summed E-state index contributed by atoms with van der Waals surface area (Å²) in [6.45, 7) is 3.48. The molecule has 0 amide bonds. The summed E-state index contributed by atoms with van der Waals surface area (Å²) in [6.07, 6.45) is 5.25. The van der Waals surface area contributed by atoms with Crippen molar-refractivity contribution in [2.75, 3.05) is 25.5 Å². The van der Waals surface area contributed by atoms with Crippen LogP contribution in [0.4, 0.5) is 5.69 Å². The number of nitrogens with zero attached hydrogens (tertiary/aromatic N) is 4. The summed E-state index contributed by atoms with van der Waals surface area (Å²) in [5.41, 5.74) is 2.18. The van der Waals surface area contributed by atoms with Gasteiger partial charge in [-0.2, -0.15) is 5.10 Å². The Hall–Kier alpha value is -3.06. The summed E-state index contributed by atoms with van der Waals surface area (Å²) in [7, 11) is 2.13. The molecule has 0 radical (unpaired) electrons. The van der Waals surface area contributed by atoms with Crippen LogP contribution in [-0.2, 0) is 5.54 Å². The van der Waals surface area contributed by atoms with Crippen LogP contribution in [0.5, 0.6) is 0 Å². The van der Waals surface area contributed by atoms with Gasteiger partial charge in [0.05, 0.1) is 5.54 Å². The molecular weight excluding hydrogens is 352 g/mol. The SMILES string of the molecule is CC(=O)c1cccc(NC2(c3nc(-c4ccncc4)n[nH]3)CCN(C)CC2)c1. The van der Waals surface area contributed by atoms with E-state index >= 15 is 0 Å². The highest BCUT2D eigenvalue weighted by Gasteiger charge is 2.38. The standard InChI is InChI=1S/C21H24N6O/c1-15(28)17-4-3-5-18(14-17)24-21(8-12-27(2)13-9-21)20-23-19(25-26-20)16-6-10-22-11-7-16/h3-7,10-11,14,24H,8-9,12-13H2,1-2H3,(H,23,25,26). The Morgan fingerprint density at radius 3 is 2.64 bits per heavy atom. The van der Waals surface area contributed by atoms with Crippen molar-refractivity contribution in [2.45, 2.75) is 25.3 Å². The number of piperidine rings is 1. The monoisotopic (exact) mass is 376 g/mol. The quantitative estimate of drug-likeness (QED) is 0.666. The van der Waals surface area contributed by atoms with Gasteiger partial charge in [-0.3, -0.25) is 14.9 Å². The van der Waals surface area contributed by atoms with Gasteiger partial charge in [0.2, 0.25) is 0 Å². The lowest BCUT2D eigenvalue weighted by Crippen LogP contribution is -2.46. The van der Waals surface area contributed by atoms with Crippen LogP contribution in [0.25, 0.3) is 11.4 Å². The van der Waals surface area contributed by atoms with Gasteiger partial charge in [0, 0.05) is 42.3 Å². The van der Waals surface area contributed by atoms with Gasteiger partial charge >= 0.3 is 0 Å². The third kappa shape index (κ3) is 3.66. The van der Waals surface area contributed by atoms with E-state index in [1.807, 2.05) is 36.4 Å². The maximum absolute atomic E-state index is 11.8. The lowest BCUT2D eigenvalue weighted by Gasteiger charge is -2.40. The maximum atomic E-state index is 11.8. The highest BCUT2D eigenvalue weighted by atomic mass is 16.1. The van der Waals surface area contributed by atoms with Crippen LogP contribution in [0, 0.1) is 0 Å². The Labute approximate surface area is 164 Å². The van der Waals surface area contributed by atoms with E-state index in [4.69, 9.17) is 4.98 Å². The molecule has 1 aliphatic heterocycles. The van der Waals surface area contributed by atoms with E-state index in [1.54, 1.807) is 19.3 Å². The summed E-state index contributed by atoms with van der Waals surface area (Å²) in [5, 5.41) is 11.3. The van der Waals surface area contributed by atoms with Gasteiger partial charge in [0.15, 0.2) is 17.4 Å². The largest absolute Gasteiger partial charge is 0.373 e. The lowest BCUT2D eigenvalue weighted by atomic mass is 9.86. The summed E-state index contributed by atoms with van der Waals surface area (Å²) >= 11 is 0. The van der Waals surface area contributed by atoms with E-state index in [2.05, 4.69) is 32.4 Å². The molecule has 0 spiro atoms. The van der Waals surface area contributed by atoms with Crippen molar-refractivity contribution >= 4 is 11.5 Å². The number of ketones is 1. The highest BCUT2D eigenvalue weighted by molar-refractivity contribution is 5.94. The first-order valence-corrected chi connectivity index (χ1v) is 9.47. The Morgan fingerprint density at radius 2 is 1.93 bits per heavy atom. The minimum absolute atomic E-state index is 0.0562. The smallest absolute Gasteiger partial charge is 0.181 e. The number of nitrogens with one attached hydrogen (secondary N) is 2. The first kappa shape index (κ1) is 18.3. The molecule has 4 rings (SSSR count). The van der Waals surface area contributed by atoms with Gasteiger partial charge in [-0.05, 0) is 51.1 Å². The number of aromatic amines is 1. The van der Waals surface area contributed by atoms with Crippen molar-refractivity contribution in [2.24, 2.45) is 0 Å². The predicted molar refractivity (Wildman–Crippen MR) is 108 cm³/mol. The number of Topliss-reactive ketones (excluding diaryl/α,β-unsaturated/α-hetero) is 1. The molecule has 0 saturated carbocycles. The van der Waals surface area contributed by atoms with Crippen molar-refractivity contribution < 1.29 is 4.79 Å². The average Bonchev–Trinajstić information content (AvgIpc) is 3.22. The number of carbonyl (C=O) groups excluding carboxylic acids is 1. The molecule has 0 aliphatic carbocycles. The molecule has 1 fully saturated rings. The van der Waals surface area contributed by atoms with Crippen LogP contribution < -0.4 is 5.32 Å². The number of benzene rings is 1. The summed E-state index contributed by atoms with van der Waals surface area (Å²) in [6, 6.07) is 11.4. The van der Waals surface area contributed by atoms with Crippen molar-refractivity contribution in [1.82, 2.24) is 25.1 Å². The van der Waals surface area contributed by atoms with Gasteiger partial charge < -0.3 is 10.2 Å². The van der Waals surface area contributed by atoms with Crippen molar-refractivity contribution in [3.8, 4) is 11.4 Å². The van der Waals surface area contributed by atoms with E-state index in [9.17, 15) is 4.79 Å². The Bertz CT molecular complexity index is 960. The molecule has 7 heteroatoms. The molecule has 1 aliphatic rings. The minimum Gasteiger partial charge on any atom is -0.373 e. The molecule has 28 heavy (non-hydrogen) atoms. The van der Waals surface area contributed by atoms with Gasteiger partial charge in [0.1, 0.15) is 0 Å². The predicted octanol–water partition coefficient (Wildman–Crippen LogP) is 3.10. The van der Waals surface area contributed by atoms with Crippen LogP contribution in [-0.4, -0.2) is 51.0 Å². The molecule has 1 aromatic carbocycles. The Morgan fingerprint density at radius 1 is 1.18 bits per heavy atom. The van der Waals surface area contributed by atoms with Crippen LogP contribution in [0.1, 0.15) is 35.9 Å². The zero-order valence-corrected chi connectivity index (χ0v) is 16.1. The molecule has 1 saturated heterocycles. The number of carbonyl (C=O) groups is 1. The second kappa shape index (κ2) is 7.52. The van der Waals surface area contributed by atoms with Gasteiger partial charge in [0.25, 0.3) is 0 Å². The topological polar surface area (TPSA) is 86.8 Å². The lowest BCUT2D eigenvalue weighted by molar-refractivity contribution is 0.101. The fraction of sp³-hybridized carbons (Fsp3) is 0.333. The number of likely N-dealkylation sites (tertiary alicyclic amines) is 1. The first-order chi connectivity index (χ1) is 13.6. The molecule has 0 bridgehead atoms. The third-order valence-electron chi connectivity index (χ3n) is 5.37. The molecule has 0 atom stereocenters. The van der Waals surface area contributed by atoms with Crippen molar-refractivity contribution in [3.63, 3.8) is 0 Å². The van der Waals surface area contributed by atoms with Crippen molar-refractivity contribution in [1.29, 1.82) is 0 Å². The van der Waals surface area contributed by atoms with E-state index in [1.165, 1.54) is 0 Å². The highest BCUT2D eigenvalue weighted by Crippen LogP contribution is 2.35. The van der Waals surface area contributed by atoms with Gasteiger partial charge in [-0.25, -0.2) is 4.98 Å². The van der Waals surface area contributed by atoms with Crippen LogP contribution in [0.3, 0.4) is 0 Å². The van der Waals surface area contributed by atoms with E-state index in [0.717, 1.165) is 43.0 Å². The van der Waals surface area contributed by atoms with Crippen LogP contribution >= 0.6 is 0 Å². The number of hydrogen-bond donors (Lipinski definition) is 2. The van der Waals surface area contributed by atoms with Crippen LogP contribution in [0.2, 0.25) is 0 Å². The molecule has 2 N–H and O–H groups in total. The third-order valence-corrected chi connectivity index (χ3v) is 5.37. The maximum Gasteiger partial charge on any atom is 0.181 e. The van der Waals surface area contributed by atoms with E-state index in [-0.39, 0.29) is 11.3 Å². The second-order valence-corrected chi connectivity index (χ2v) is 7.39. The van der Waals surface area contributed by atoms with E-state index < -0.39 is 0 Å². The molecule has 0 unspecified atom stereocenters. The normalized spacial score (nSPS) is 16.6. The minimum atomic E-state index is -0.361. The molecule has 2 aromatic heterocycles.